The van der Waals surface area contributed by atoms with Crippen LogP contribution in [0.3, 0.4) is 0 Å². The molecule has 1 heterocycles. The summed E-state index contributed by atoms with van der Waals surface area (Å²) < 4.78 is 0. The fourth-order valence-electron chi connectivity index (χ4n) is 1.63. The van der Waals surface area contributed by atoms with Crippen LogP contribution in [-0.4, -0.2) is 47.4 Å². The maximum atomic E-state index is 11.7. The molecule has 1 aliphatic heterocycles. The average Bonchev–Trinajstić information content (AvgIpc) is 2.33. The minimum Gasteiger partial charge on any atom is -0.409 e. The van der Waals surface area contributed by atoms with E-state index in [1.807, 2.05) is 0 Å². The maximum Gasteiger partial charge on any atom is 0.246 e. The van der Waals surface area contributed by atoms with Gasteiger partial charge in [0.05, 0.1) is 6.04 Å². The van der Waals surface area contributed by atoms with Crippen molar-refractivity contribution in [3.05, 3.63) is 0 Å². The molecule has 7 nitrogen and oxygen atoms in total. The number of likely N-dealkylation sites (N-methyl/N-ethyl adjacent to an activating group) is 1. The zero-order chi connectivity index (χ0) is 13.0. The summed E-state index contributed by atoms with van der Waals surface area (Å²) in [6.07, 6.45) is 0.850. The second-order valence-electron chi connectivity index (χ2n) is 4.22. The van der Waals surface area contributed by atoms with Crippen molar-refractivity contribution in [1.82, 2.24) is 10.2 Å². The van der Waals surface area contributed by atoms with E-state index in [0.29, 0.717) is 19.4 Å². The maximum absolute atomic E-state index is 11.7. The Labute approximate surface area is 99.6 Å². The van der Waals surface area contributed by atoms with Gasteiger partial charge in [0, 0.05) is 25.9 Å². The van der Waals surface area contributed by atoms with Crippen molar-refractivity contribution >= 4 is 17.6 Å². The summed E-state index contributed by atoms with van der Waals surface area (Å²) in [4.78, 5) is 24.1. The van der Waals surface area contributed by atoms with E-state index in [0.717, 1.165) is 4.90 Å². The fraction of sp³-hybridized carbons (Fsp3) is 0.700. The Bertz CT molecular complexity index is 342. The SMILES string of the molecule is CC(CNC1CCC(=O)N(C)C1=O)C(N)=NO. The quantitative estimate of drug-likeness (QED) is 0.195. The van der Waals surface area contributed by atoms with E-state index < -0.39 is 0 Å². The van der Waals surface area contributed by atoms with Crippen LogP contribution in [0.2, 0.25) is 0 Å². The van der Waals surface area contributed by atoms with Crippen LogP contribution in [-0.2, 0) is 9.59 Å². The zero-order valence-electron chi connectivity index (χ0n) is 10.0. The highest BCUT2D eigenvalue weighted by Gasteiger charge is 2.31. The largest absolute Gasteiger partial charge is 0.409 e. The van der Waals surface area contributed by atoms with Gasteiger partial charge < -0.3 is 16.3 Å². The number of hydrogen-bond acceptors (Lipinski definition) is 5. The molecule has 0 saturated carbocycles. The summed E-state index contributed by atoms with van der Waals surface area (Å²) in [5.41, 5.74) is 5.43. The molecular formula is C10H18N4O3. The molecule has 0 spiro atoms. The second-order valence-corrected chi connectivity index (χ2v) is 4.22. The molecule has 0 aromatic carbocycles. The molecule has 2 amide bonds. The molecule has 96 valence electrons. The third kappa shape index (κ3) is 3.16. The standard InChI is InChI=1S/C10H18N4O3/c1-6(9(11)13-17)5-12-7-3-4-8(15)14(2)10(7)16/h6-7,12,17H,3-5H2,1-2H3,(H2,11,13). The van der Waals surface area contributed by atoms with Crippen LogP contribution in [0.5, 0.6) is 0 Å². The molecule has 0 radical (unpaired) electrons. The molecular weight excluding hydrogens is 224 g/mol. The summed E-state index contributed by atoms with van der Waals surface area (Å²) in [7, 11) is 1.48. The molecule has 1 rings (SSSR count). The van der Waals surface area contributed by atoms with Gasteiger partial charge in [0.2, 0.25) is 11.8 Å². The van der Waals surface area contributed by atoms with E-state index >= 15 is 0 Å². The number of amidine groups is 1. The Morgan fingerprint density at radius 3 is 2.94 bits per heavy atom. The number of carbonyl (C=O) groups is 2. The van der Waals surface area contributed by atoms with Crippen LogP contribution in [0.25, 0.3) is 0 Å². The Kier molecular flexibility index (Phi) is 4.45. The Morgan fingerprint density at radius 2 is 2.35 bits per heavy atom. The van der Waals surface area contributed by atoms with Gasteiger partial charge in [-0.1, -0.05) is 12.1 Å². The number of piperidine rings is 1. The molecule has 0 bridgehead atoms. The monoisotopic (exact) mass is 242 g/mol. The number of nitrogens with one attached hydrogen (secondary N) is 1. The summed E-state index contributed by atoms with van der Waals surface area (Å²) in [5.74, 6) is -0.439. The van der Waals surface area contributed by atoms with Crippen molar-refractivity contribution in [3.8, 4) is 0 Å². The predicted molar refractivity (Wildman–Crippen MR) is 61.4 cm³/mol. The van der Waals surface area contributed by atoms with Crippen molar-refractivity contribution in [3.63, 3.8) is 0 Å². The first kappa shape index (κ1) is 13.4. The van der Waals surface area contributed by atoms with Crippen LogP contribution in [0.4, 0.5) is 0 Å². The van der Waals surface area contributed by atoms with Crippen LogP contribution < -0.4 is 11.1 Å². The summed E-state index contributed by atoms with van der Waals surface area (Å²) >= 11 is 0. The molecule has 2 unspecified atom stereocenters. The van der Waals surface area contributed by atoms with Gasteiger partial charge in [0.15, 0.2) is 0 Å². The molecule has 1 saturated heterocycles. The Balaban J connectivity index is 2.48. The number of hydrogen-bond donors (Lipinski definition) is 3. The molecule has 4 N–H and O–H groups in total. The lowest BCUT2D eigenvalue weighted by atomic mass is 10.0. The first-order valence-electron chi connectivity index (χ1n) is 5.48. The van der Waals surface area contributed by atoms with E-state index in [4.69, 9.17) is 10.9 Å². The van der Waals surface area contributed by atoms with Crippen molar-refractivity contribution < 1.29 is 14.8 Å². The summed E-state index contributed by atoms with van der Waals surface area (Å²) in [5, 5.41) is 14.4. The molecule has 7 heteroatoms. The normalized spacial score (nSPS) is 24.0. The lowest BCUT2D eigenvalue weighted by Crippen LogP contribution is -2.52. The predicted octanol–water partition coefficient (Wildman–Crippen LogP) is -0.894. The number of nitrogens with zero attached hydrogens (tertiary/aromatic N) is 2. The number of oxime groups is 1. The van der Waals surface area contributed by atoms with E-state index in [-0.39, 0.29) is 29.6 Å². The first-order chi connectivity index (χ1) is 7.97. The molecule has 17 heavy (non-hydrogen) atoms. The van der Waals surface area contributed by atoms with Gasteiger partial charge in [-0.15, -0.1) is 0 Å². The van der Waals surface area contributed by atoms with Crippen LogP contribution >= 0.6 is 0 Å². The second kappa shape index (κ2) is 5.62. The Morgan fingerprint density at radius 1 is 1.71 bits per heavy atom. The zero-order valence-corrected chi connectivity index (χ0v) is 10.0. The van der Waals surface area contributed by atoms with Crippen molar-refractivity contribution in [1.29, 1.82) is 0 Å². The third-order valence-electron chi connectivity index (χ3n) is 2.94. The van der Waals surface area contributed by atoms with E-state index in [1.165, 1.54) is 7.05 Å². The van der Waals surface area contributed by atoms with E-state index in [2.05, 4.69) is 10.5 Å². The van der Waals surface area contributed by atoms with Crippen LogP contribution in [0.1, 0.15) is 19.8 Å². The minimum atomic E-state index is -0.369. The first-order valence-corrected chi connectivity index (χ1v) is 5.48. The molecule has 0 aliphatic carbocycles. The molecule has 0 aromatic heterocycles. The lowest BCUT2D eigenvalue weighted by molar-refractivity contribution is -0.148. The highest BCUT2D eigenvalue weighted by Crippen LogP contribution is 2.11. The fourth-order valence-corrected chi connectivity index (χ4v) is 1.63. The molecule has 2 atom stereocenters. The lowest BCUT2D eigenvalue weighted by Gasteiger charge is -2.29. The van der Waals surface area contributed by atoms with Crippen LogP contribution in [0, 0.1) is 5.92 Å². The van der Waals surface area contributed by atoms with Crippen molar-refractivity contribution in [2.75, 3.05) is 13.6 Å². The van der Waals surface area contributed by atoms with Crippen molar-refractivity contribution in [2.24, 2.45) is 16.8 Å². The highest BCUT2D eigenvalue weighted by atomic mass is 16.4. The van der Waals surface area contributed by atoms with Gasteiger partial charge in [-0.2, -0.15) is 0 Å². The number of carbonyl (C=O) groups excluding carboxylic acids is 2. The van der Waals surface area contributed by atoms with Gasteiger partial charge in [0.1, 0.15) is 5.84 Å². The average molecular weight is 242 g/mol. The summed E-state index contributed by atoms with van der Waals surface area (Å²) in [6, 6.07) is -0.369. The van der Waals surface area contributed by atoms with Gasteiger partial charge in [-0.25, -0.2) is 0 Å². The highest BCUT2D eigenvalue weighted by molar-refractivity contribution is 6.00. The molecule has 1 aliphatic rings. The van der Waals surface area contributed by atoms with Gasteiger partial charge >= 0.3 is 0 Å². The number of nitrogens with two attached hydrogens (primary N) is 1. The number of amides is 2. The number of imide groups is 1. The molecule has 0 aromatic rings. The number of likely N-dealkylation sites (tertiary alicyclic amines) is 1. The van der Waals surface area contributed by atoms with E-state index in [1.54, 1.807) is 6.92 Å². The molecule has 1 fully saturated rings. The third-order valence-corrected chi connectivity index (χ3v) is 2.94. The minimum absolute atomic E-state index is 0.116. The van der Waals surface area contributed by atoms with Crippen LogP contribution in [0.15, 0.2) is 5.16 Å². The summed E-state index contributed by atoms with van der Waals surface area (Å²) in [6.45, 7) is 2.21. The topological polar surface area (TPSA) is 108 Å². The van der Waals surface area contributed by atoms with E-state index in [9.17, 15) is 9.59 Å². The van der Waals surface area contributed by atoms with Gasteiger partial charge in [-0.3, -0.25) is 14.5 Å². The number of rotatable bonds is 4. The van der Waals surface area contributed by atoms with Gasteiger partial charge in [-0.05, 0) is 6.42 Å². The van der Waals surface area contributed by atoms with Crippen molar-refractivity contribution in [2.45, 2.75) is 25.8 Å². The van der Waals surface area contributed by atoms with Gasteiger partial charge in [0.25, 0.3) is 0 Å². The smallest absolute Gasteiger partial charge is 0.246 e. The Hall–Kier alpha value is -1.63.